The van der Waals surface area contributed by atoms with Crippen molar-refractivity contribution in [3.05, 3.63) is 29.8 Å². The van der Waals surface area contributed by atoms with Gasteiger partial charge in [0.05, 0.1) is 13.7 Å². The Morgan fingerprint density at radius 1 is 1.28 bits per heavy atom. The Bertz CT molecular complexity index is 487. The molecule has 0 aliphatic heterocycles. The van der Waals surface area contributed by atoms with Crippen LogP contribution in [0.25, 0.3) is 0 Å². The van der Waals surface area contributed by atoms with Gasteiger partial charge in [0.25, 0.3) is 0 Å². The fraction of sp³-hybridized carbons (Fsp3) is 0.333. The molecule has 0 saturated heterocycles. The zero-order valence-corrected chi connectivity index (χ0v) is 10.2. The van der Waals surface area contributed by atoms with Gasteiger partial charge in [0.2, 0.25) is 0 Å². The number of halogens is 3. The van der Waals surface area contributed by atoms with Crippen molar-refractivity contribution < 1.29 is 30.5 Å². The van der Waals surface area contributed by atoms with Gasteiger partial charge in [-0.2, -0.15) is 21.6 Å². The minimum atomic E-state index is -5.56. The molecule has 0 heterocycles. The van der Waals surface area contributed by atoms with Crippen molar-refractivity contribution >= 4 is 10.1 Å². The fourth-order valence-corrected chi connectivity index (χ4v) is 1.40. The van der Waals surface area contributed by atoms with Crippen molar-refractivity contribution in [2.75, 3.05) is 7.11 Å². The number of alkyl halides is 3. The van der Waals surface area contributed by atoms with E-state index in [0.29, 0.717) is 5.75 Å². The average Bonchev–Trinajstić information content (AvgIpc) is 2.25. The monoisotopic (exact) mass is 287 g/mol. The lowest BCUT2D eigenvalue weighted by atomic mass is 10.2. The third kappa shape index (κ3) is 4.17. The van der Waals surface area contributed by atoms with Gasteiger partial charge in [0, 0.05) is 0 Å². The summed E-state index contributed by atoms with van der Waals surface area (Å²) in [6.45, 7) is -0.695. The van der Waals surface area contributed by atoms with E-state index < -0.39 is 22.2 Å². The lowest BCUT2D eigenvalue weighted by Crippen LogP contribution is -2.25. The van der Waals surface area contributed by atoms with Crippen LogP contribution in [0.1, 0.15) is 5.56 Å². The highest BCUT2D eigenvalue weighted by Crippen LogP contribution is 2.25. The molecule has 0 unspecified atom stereocenters. The highest BCUT2D eigenvalue weighted by Gasteiger charge is 2.47. The predicted octanol–water partition coefficient (Wildman–Crippen LogP) is 2.22. The second-order valence-electron chi connectivity index (χ2n) is 3.01. The van der Waals surface area contributed by atoms with Gasteiger partial charge < -0.3 is 10.9 Å². The van der Waals surface area contributed by atoms with Gasteiger partial charge >= 0.3 is 15.6 Å². The minimum Gasteiger partial charge on any atom is -0.497 e. The van der Waals surface area contributed by atoms with Crippen molar-refractivity contribution in [2.24, 2.45) is 0 Å². The van der Waals surface area contributed by atoms with Crippen LogP contribution in [0.3, 0.4) is 0 Å². The summed E-state index contributed by atoms with van der Waals surface area (Å²) in [5.41, 5.74) is -5.15. The molecule has 1 aromatic carbocycles. The Kier molecular flexibility index (Phi) is 5.58. The Hall–Kier alpha value is -1.32. The third-order valence-corrected chi connectivity index (χ3v) is 2.79. The summed E-state index contributed by atoms with van der Waals surface area (Å²) >= 11 is 0. The van der Waals surface area contributed by atoms with Gasteiger partial charge in [-0.25, -0.2) is 0 Å². The Labute approximate surface area is 102 Å². The van der Waals surface area contributed by atoms with Crippen LogP contribution in [0.5, 0.6) is 5.75 Å². The Morgan fingerprint density at radius 2 is 1.89 bits per heavy atom. The number of hydrogen-bond donors (Lipinski definition) is 1. The van der Waals surface area contributed by atoms with E-state index in [2.05, 4.69) is 4.18 Å². The maximum Gasteiger partial charge on any atom is 0.523 e. The number of ether oxygens (including phenoxy) is 1. The molecule has 9 heteroatoms. The summed E-state index contributed by atoms with van der Waals surface area (Å²) in [4.78, 5) is 0. The average molecular weight is 287 g/mol. The van der Waals surface area contributed by atoms with Crippen LogP contribution in [0.4, 0.5) is 13.2 Å². The quantitative estimate of drug-likeness (QED) is 0.677. The van der Waals surface area contributed by atoms with E-state index >= 15 is 0 Å². The van der Waals surface area contributed by atoms with Gasteiger partial charge in [-0.1, -0.05) is 12.1 Å². The number of benzene rings is 1. The largest absolute Gasteiger partial charge is 0.523 e. The summed E-state index contributed by atoms with van der Waals surface area (Å²) in [7, 11) is -4.17. The lowest BCUT2D eigenvalue weighted by Gasteiger charge is -2.08. The third-order valence-electron chi connectivity index (χ3n) is 1.80. The normalized spacial score (nSPS) is 11.8. The highest BCUT2D eigenvalue weighted by molar-refractivity contribution is 7.87. The molecular weight excluding hydrogens is 275 g/mol. The first kappa shape index (κ1) is 16.7. The lowest BCUT2D eigenvalue weighted by molar-refractivity contribution is -0.0547. The maximum absolute atomic E-state index is 11.9. The summed E-state index contributed by atoms with van der Waals surface area (Å²) < 4.78 is 65.7. The van der Waals surface area contributed by atoms with E-state index in [0.717, 1.165) is 0 Å². The van der Waals surface area contributed by atoms with E-state index in [4.69, 9.17) is 4.74 Å². The van der Waals surface area contributed by atoms with Crippen molar-refractivity contribution in [3.8, 4) is 5.75 Å². The molecule has 0 saturated carbocycles. The van der Waals surface area contributed by atoms with Gasteiger partial charge in [0.15, 0.2) is 0 Å². The summed E-state index contributed by atoms with van der Waals surface area (Å²) in [5.74, 6) is 0.399. The highest BCUT2D eigenvalue weighted by atomic mass is 32.2. The predicted molar refractivity (Wildman–Crippen MR) is 57.8 cm³/mol. The van der Waals surface area contributed by atoms with Crippen LogP contribution in [-0.2, 0) is 20.9 Å². The second-order valence-corrected chi connectivity index (χ2v) is 4.62. The van der Waals surface area contributed by atoms with E-state index in [-0.39, 0.29) is 11.7 Å². The first-order valence-corrected chi connectivity index (χ1v) is 5.76. The van der Waals surface area contributed by atoms with Crippen LogP contribution in [0, 0.1) is 0 Å². The van der Waals surface area contributed by atoms with E-state index in [9.17, 15) is 21.6 Å². The van der Waals surface area contributed by atoms with Gasteiger partial charge in [-0.05, 0) is 17.7 Å². The topological polar surface area (TPSA) is 87.6 Å². The zero-order chi connectivity index (χ0) is 13.1. The molecule has 18 heavy (non-hydrogen) atoms. The maximum atomic E-state index is 11.9. The molecule has 0 radical (unpaired) electrons. The molecule has 0 aliphatic carbocycles. The van der Waals surface area contributed by atoms with Crippen LogP contribution >= 0.6 is 0 Å². The van der Waals surface area contributed by atoms with Gasteiger partial charge in [0.1, 0.15) is 5.75 Å². The molecule has 5 nitrogen and oxygen atoms in total. The molecule has 0 amide bonds. The summed E-state index contributed by atoms with van der Waals surface area (Å²) in [5, 5.41) is 0. The Morgan fingerprint density at radius 3 is 2.39 bits per heavy atom. The fourth-order valence-electron chi connectivity index (χ4n) is 0.975. The molecule has 0 atom stereocenters. The first-order chi connectivity index (χ1) is 7.76. The van der Waals surface area contributed by atoms with Crippen molar-refractivity contribution in [1.82, 2.24) is 6.15 Å². The molecule has 104 valence electrons. The SMILES string of the molecule is COc1cccc(COS(=O)(=O)C(F)(F)F)c1.N. The Balaban J connectivity index is 0.00000289. The molecule has 0 fully saturated rings. The van der Waals surface area contributed by atoms with Gasteiger partial charge in [-0.15, -0.1) is 0 Å². The van der Waals surface area contributed by atoms with E-state index in [1.807, 2.05) is 0 Å². The second kappa shape index (κ2) is 6.03. The first-order valence-electron chi connectivity index (χ1n) is 4.35. The summed E-state index contributed by atoms with van der Waals surface area (Å²) in [6, 6.07) is 5.89. The summed E-state index contributed by atoms with van der Waals surface area (Å²) in [6.07, 6.45) is 0. The number of hydrogen-bond acceptors (Lipinski definition) is 5. The van der Waals surface area contributed by atoms with Crippen molar-refractivity contribution in [3.63, 3.8) is 0 Å². The van der Waals surface area contributed by atoms with Crippen LogP contribution in [0.15, 0.2) is 24.3 Å². The number of methoxy groups -OCH3 is 1. The standard InChI is InChI=1S/C9H9F3O4S.H3N/c1-15-8-4-2-3-7(5-8)6-16-17(13,14)9(10,11)12;/h2-5H,6H2,1H3;1H3. The smallest absolute Gasteiger partial charge is 0.497 e. The molecule has 0 aromatic heterocycles. The van der Waals surface area contributed by atoms with E-state index in [1.54, 1.807) is 6.07 Å². The minimum absolute atomic E-state index is 0. The van der Waals surface area contributed by atoms with Gasteiger partial charge in [-0.3, -0.25) is 4.18 Å². The molecule has 1 aromatic rings. The van der Waals surface area contributed by atoms with Crippen LogP contribution in [0.2, 0.25) is 0 Å². The van der Waals surface area contributed by atoms with E-state index in [1.165, 1.54) is 25.3 Å². The van der Waals surface area contributed by atoms with Crippen LogP contribution < -0.4 is 10.9 Å². The number of rotatable bonds is 4. The molecule has 0 aliphatic rings. The zero-order valence-electron chi connectivity index (χ0n) is 9.40. The van der Waals surface area contributed by atoms with Crippen LogP contribution in [-0.4, -0.2) is 21.0 Å². The molecule has 0 spiro atoms. The molecular formula is C9H12F3NO4S. The molecule has 3 N–H and O–H groups in total. The van der Waals surface area contributed by atoms with Crippen molar-refractivity contribution in [1.29, 1.82) is 0 Å². The molecule has 1 rings (SSSR count). The molecule has 0 bridgehead atoms. The van der Waals surface area contributed by atoms with Crippen molar-refractivity contribution in [2.45, 2.75) is 12.1 Å².